The fraction of sp³-hybridized carbons (Fsp3) is 0.581. The molecular weight excluding hydrogens is 540 g/mol. The molecular formula is C31H40N4O7. The molecule has 0 bridgehead atoms. The molecule has 1 amide bonds. The van der Waals surface area contributed by atoms with E-state index in [-0.39, 0.29) is 29.7 Å². The van der Waals surface area contributed by atoms with Crippen molar-refractivity contribution in [1.29, 1.82) is 0 Å². The summed E-state index contributed by atoms with van der Waals surface area (Å²) in [6, 6.07) is 0.608. The molecule has 1 aromatic rings. The summed E-state index contributed by atoms with van der Waals surface area (Å²) in [5.41, 5.74) is 4.28. The molecule has 5 aliphatic rings. The highest BCUT2D eigenvalue weighted by molar-refractivity contribution is 6.24. The van der Waals surface area contributed by atoms with Crippen LogP contribution in [0.3, 0.4) is 0 Å². The number of nitrogens with two attached hydrogens (primary N) is 1. The summed E-state index contributed by atoms with van der Waals surface area (Å²) < 4.78 is 0. The molecule has 11 heteroatoms. The van der Waals surface area contributed by atoms with Crippen molar-refractivity contribution in [2.75, 3.05) is 46.2 Å². The van der Waals surface area contributed by atoms with E-state index in [0.717, 1.165) is 24.3 Å². The van der Waals surface area contributed by atoms with Crippen LogP contribution in [0.1, 0.15) is 47.2 Å². The molecule has 11 nitrogen and oxygen atoms in total. The largest absolute Gasteiger partial charge is 0.510 e. The van der Waals surface area contributed by atoms with Crippen LogP contribution in [0.15, 0.2) is 28.7 Å². The van der Waals surface area contributed by atoms with E-state index in [1.54, 1.807) is 25.1 Å². The summed E-state index contributed by atoms with van der Waals surface area (Å²) in [5, 5.41) is 45.5. The van der Waals surface area contributed by atoms with Crippen molar-refractivity contribution < 1.29 is 34.8 Å². The van der Waals surface area contributed by atoms with E-state index in [2.05, 4.69) is 4.90 Å². The first-order chi connectivity index (χ1) is 19.8. The highest BCUT2D eigenvalue weighted by Crippen LogP contribution is 2.53. The quantitative estimate of drug-likeness (QED) is 0.321. The number of likely N-dealkylation sites (tertiary alicyclic amines) is 1. The number of primary amides is 1. The number of Topliss-reactive ketones (excluding diaryl/α,β-unsaturated/α-hetero) is 2. The number of phenolic OH excluding ortho intramolecular Hbond substituents is 1. The topological polar surface area (TPSA) is 168 Å². The molecule has 42 heavy (non-hydrogen) atoms. The van der Waals surface area contributed by atoms with E-state index in [0.29, 0.717) is 23.9 Å². The number of amides is 1. The van der Waals surface area contributed by atoms with Crippen molar-refractivity contribution in [3.63, 3.8) is 0 Å². The first-order valence-electron chi connectivity index (χ1n) is 14.7. The fourth-order valence-electron chi connectivity index (χ4n) is 8.75. The number of aliphatic hydroxyl groups is 3. The number of ketones is 2. The molecule has 1 saturated heterocycles. The molecule has 0 radical (unpaired) electrons. The third-order valence-corrected chi connectivity index (χ3v) is 10.4. The number of aromatic hydroxyl groups is 1. The van der Waals surface area contributed by atoms with Crippen LogP contribution in [0, 0.1) is 23.7 Å². The SMILES string of the molecule is CN(C)c1c(CN2CC3CCC[C@H]3C2)cc(O)c2c1C[C@H]1C[C@H]3[C@H](N(C)C)C(O)=C(C(N)=O)C(=O)[C@@]3(O)C(O)=C1C2=O. The lowest BCUT2D eigenvalue weighted by atomic mass is 9.58. The number of aliphatic hydroxyl groups excluding tert-OH is 2. The van der Waals surface area contributed by atoms with Crippen molar-refractivity contribution in [2.45, 2.75) is 50.3 Å². The number of carbonyl (C=O) groups excluding carboxylic acids is 3. The van der Waals surface area contributed by atoms with Gasteiger partial charge in [0.1, 0.15) is 22.8 Å². The second-order valence-electron chi connectivity index (χ2n) is 13.3. The van der Waals surface area contributed by atoms with Gasteiger partial charge in [-0.2, -0.15) is 0 Å². The molecule has 6 N–H and O–H groups in total. The lowest BCUT2D eigenvalue weighted by Gasteiger charge is -2.50. The average Bonchev–Trinajstić information content (AvgIpc) is 3.47. The van der Waals surface area contributed by atoms with Crippen LogP contribution in [0.4, 0.5) is 5.69 Å². The van der Waals surface area contributed by atoms with Gasteiger partial charge in [-0.25, -0.2) is 0 Å². The zero-order valence-corrected chi connectivity index (χ0v) is 24.6. The molecule has 0 aromatic heterocycles. The first-order valence-corrected chi connectivity index (χ1v) is 14.7. The van der Waals surface area contributed by atoms with Crippen LogP contribution in [0.2, 0.25) is 0 Å². The summed E-state index contributed by atoms with van der Waals surface area (Å²) in [4.78, 5) is 45.7. The second kappa shape index (κ2) is 9.82. The zero-order valence-electron chi connectivity index (χ0n) is 24.6. The number of anilines is 1. The fourth-order valence-corrected chi connectivity index (χ4v) is 8.75. The van der Waals surface area contributed by atoms with E-state index in [4.69, 9.17) is 5.73 Å². The maximum Gasteiger partial charge on any atom is 0.255 e. The van der Waals surface area contributed by atoms with Gasteiger partial charge >= 0.3 is 0 Å². The number of benzene rings is 1. The van der Waals surface area contributed by atoms with Gasteiger partial charge in [-0.05, 0) is 74.7 Å². The Morgan fingerprint density at radius 1 is 1.10 bits per heavy atom. The van der Waals surface area contributed by atoms with Crippen molar-refractivity contribution in [3.05, 3.63) is 45.4 Å². The molecule has 0 spiro atoms. The van der Waals surface area contributed by atoms with E-state index in [1.165, 1.54) is 19.3 Å². The summed E-state index contributed by atoms with van der Waals surface area (Å²) in [6.45, 7) is 2.67. The smallest absolute Gasteiger partial charge is 0.255 e. The second-order valence-corrected chi connectivity index (χ2v) is 13.3. The molecule has 1 saturated carbocycles. The number of carbonyl (C=O) groups is 3. The van der Waals surface area contributed by atoms with Crippen molar-refractivity contribution in [3.8, 4) is 5.75 Å². The van der Waals surface area contributed by atoms with Gasteiger partial charge in [0.15, 0.2) is 11.4 Å². The number of nitrogens with zero attached hydrogens (tertiary/aromatic N) is 3. The summed E-state index contributed by atoms with van der Waals surface area (Å²) in [7, 11) is 7.04. The lowest BCUT2D eigenvalue weighted by Crippen LogP contribution is -2.63. The minimum atomic E-state index is -2.64. The Labute approximate surface area is 244 Å². The van der Waals surface area contributed by atoms with E-state index >= 15 is 0 Å². The average molecular weight is 581 g/mol. The molecule has 1 aliphatic heterocycles. The van der Waals surface area contributed by atoms with Gasteiger partial charge < -0.3 is 31.1 Å². The van der Waals surface area contributed by atoms with Crippen LogP contribution in [-0.4, -0.2) is 101 Å². The summed E-state index contributed by atoms with van der Waals surface area (Å²) >= 11 is 0. The van der Waals surface area contributed by atoms with Gasteiger partial charge in [0.25, 0.3) is 5.91 Å². The van der Waals surface area contributed by atoms with Crippen LogP contribution in [0.5, 0.6) is 5.75 Å². The van der Waals surface area contributed by atoms with Crippen LogP contribution in [0.25, 0.3) is 0 Å². The van der Waals surface area contributed by atoms with Crippen LogP contribution >= 0.6 is 0 Å². The molecule has 2 fully saturated rings. The predicted molar refractivity (Wildman–Crippen MR) is 154 cm³/mol. The Balaban J connectivity index is 1.45. The molecule has 226 valence electrons. The van der Waals surface area contributed by atoms with E-state index in [9.17, 15) is 34.8 Å². The maximum atomic E-state index is 14.1. The summed E-state index contributed by atoms with van der Waals surface area (Å²) in [6.07, 6.45) is 4.13. The predicted octanol–water partition coefficient (Wildman–Crippen LogP) is 1.42. The van der Waals surface area contributed by atoms with Crippen LogP contribution < -0.4 is 10.6 Å². The van der Waals surface area contributed by atoms with Gasteiger partial charge in [0.05, 0.1) is 11.6 Å². The first kappa shape index (κ1) is 28.7. The molecule has 4 aliphatic carbocycles. The number of phenols is 1. The number of rotatable bonds is 5. The Kier molecular flexibility index (Phi) is 6.71. The van der Waals surface area contributed by atoms with Crippen molar-refractivity contribution in [1.82, 2.24) is 9.80 Å². The van der Waals surface area contributed by atoms with Gasteiger partial charge in [0.2, 0.25) is 5.78 Å². The Morgan fingerprint density at radius 3 is 2.31 bits per heavy atom. The van der Waals surface area contributed by atoms with Gasteiger partial charge in [-0.3, -0.25) is 24.2 Å². The highest BCUT2D eigenvalue weighted by Gasteiger charge is 2.63. The minimum Gasteiger partial charge on any atom is -0.510 e. The van der Waals surface area contributed by atoms with Gasteiger partial charge in [-0.1, -0.05) is 6.42 Å². The van der Waals surface area contributed by atoms with E-state index in [1.807, 2.05) is 19.0 Å². The maximum absolute atomic E-state index is 14.1. The van der Waals surface area contributed by atoms with Crippen molar-refractivity contribution >= 4 is 23.2 Å². The third-order valence-electron chi connectivity index (χ3n) is 10.4. The lowest BCUT2D eigenvalue weighted by molar-refractivity contribution is -0.148. The molecule has 1 heterocycles. The number of fused-ring (bicyclic) bond motifs is 4. The molecule has 1 unspecified atom stereocenters. The standard InChI is InChI=1S/C31H40N4O7/c1-33(2)24-17(13-35-11-14-6-5-7-15(14)12-35)10-20(36)22-18(24)8-16-9-19-25(34(3)4)27(38)23(30(32)41)29(40)31(19,42)28(39)21(16)26(22)37/h10,14-16,19,25,36,38-39,42H,5-9,11-13H2,1-4H3,(H2,32,41)/t14-,15?,16-,19-,25-,31-/m0/s1. The van der Waals surface area contributed by atoms with Gasteiger partial charge in [0, 0.05) is 50.9 Å². The Bertz CT molecular complexity index is 1450. The molecule has 6 rings (SSSR count). The molecule has 6 atom stereocenters. The number of hydrogen-bond acceptors (Lipinski definition) is 10. The van der Waals surface area contributed by atoms with Crippen LogP contribution in [-0.2, 0) is 22.6 Å². The normalized spacial score (nSPS) is 32.7. The Hall–Kier alpha value is -3.41. The third kappa shape index (κ3) is 3.93. The number of allylic oxidation sites excluding steroid dienone is 1. The van der Waals surface area contributed by atoms with E-state index < -0.39 is 58.0 Å². The summed E-state index contributed by atoms with van der Waals surface area (Å²) in [5.74, 6) is -5.00. The number of hydrogen-bond donors (Lipinski definition) is 5. The molecule has 1 aromatic carbocycles. The zero-order chi connectivity index (χ0) is 30.4. The van der Waals surface area contributed by atoms with Gasteiger partial charge in [-0.15, -0.1) is 0 Å². The monoisotopic (exact) mass is 580 g/mol. The van der Waals surface area contributed by atoms with Crippen molar-refractivity contribution in [2.24, 2.45) is 29.4 Å². The minimum absolute atomic E-state index is 0.0431. The Morgan fingerprint density at radius 2 is 1.74 bits per heavy atom. The highest BCUT2D eigenvalue weighted by atomic mass is 16.3. The number of likely N-dealkylation sites (N-methyl/N-ethyl adjacent to an activating group) is 1.